The van der Waals surface area contributed by atoms with Crippen molar-refractivity contribution in [2.24, 2.45) is 0 Å². The average Bonchev–Trinajstić information content (AvgIpc) is 3.78. The molecule has 6 heterocycles. The SMILES string of the molecule is CC(Oc1nc(-c2noc3c2CCCC32CCc3ccc(N)c(C#N)c32)nc2c1cnn2C1CNC12COC2)C1CC(F)CN1C. The molecular formula is C33H36FN9O3. The Morgan fingerprint density at radius 2 is 2.11 bits per heavy atom. The molecule has 46 heavy (non-hydrogen) atoms. The third kappa shape index (κ3) is 3.80. The van der Waals surface area contributed by atoms with Crippen molar-refractivity contribution in [2.45, 2.75) is 80.8 Å². The number of fused-ring (bicyclic) bond motifs is 5. The Bertz CT molecular complexity index is 1920. The molecule has 0 bridgehead atoms. The normalized spacial score (nSPS) is 28.5. The number of rotatable bonds is 5. The van der Waals surface area contributed by atoms with Gasteiger partial charge in [0.2, 0.25) is 5.88 Å². The van der Waals surface area contributed by atoms with Crippen LogP contribution in [0.2, 0.25) is 0 Å². The van der Waals surface area contributed by atoms with Gasteiger partial charge in [-0.05, 0) is 69.7 Å². The Kier molecular flexibility index (Phi) is 6.08. The summed E-state index contributed by atoms with van der Waals surface area (Å²) in [7, 11) is 1.93. The number of alkyl halides is 1. The molecule has 1 aromatic carbocycles. The van der Waals surface area contributed by atoms with Crippen molar-refractivity contribution in [2.75, 3.05) is 39.1 Å². The van der Waals surface area contributed by atoms with E-state index in [1.807, 2.05) is 35.7 Å². The Labute approximate surface area is 265 Å². The van der Waals surface area contributed by atoms with E-state index >= 15 is 0 Å². The van der Waals surface area contributed by atoms with Gasteiger partial charge in [-0.3, -0.25) is 4.90 Å². The second kappa shape index (κ2) is 9.94. The minimum Gasteiger partial charge on any atom is -0.472 e. The maximum Gasteiger partial charge on any atom is 0.228 e. The molecule has 5 aliphatic rings. The van der Waals surface area contributed by atoms with Crippen LogP contribution < -0.4 is 15.8 Å². The van der Waals surface area contributed by atoms with Crippen molar-refractivity contribution < 1.29 is 18.4 Å². The third-order valence-corrected chi connectivity index (χ3v) is 11.3. The summed E-state index contributed by atoms with van der Waals surface area (Å²) in [5.41, 5.74) is 11.0. The topological polar surface area (TPSA) is 153 Å². The first-order valence-corrected chi connectivity index (χ1v) is 16.2. The highest BCUT2D eigenvalue weighted by Crippen LogP contribution is 2.54. The first-order chi connectivity index (χ1) is 22.3. The zero-order valence-corrected chi connectivity index (χ0v) is 25.9. The molecule has 3 aromatic heterocycles. The van der Waals surface area contributed by atoms with Gasteiger partial charge in [-0.1, -0.05) is 11.2 Å². The van der Waals surface area contributed by atoms with Crippen LogP contribution in [0.1, 0.15) is 66.7 Å². The number of nitrogens with two attached hydrogens (primary N) is 1. The number of benzene rings is 1. The number of aryl methyl sites for hydroxylation is 1. The highest BCUT2D eigenvalue weighted by Gasteiger charge is 2.54. The number of nitriles is 1. The van der Waals surface area contributed by atoms with Gasteiger partial charge in [0.15, 0.2) is 22.9 Å². The number of nitrogens with one attached hydrogen (secondary N) is 1. The molecule has 0 saturated carbocycles. The zero-order valence-electron chi connectivity index (χ0n) is 25.9. The molecule has 5 atom stereocenters. The summed E-state index contributed by atoms with van der Waals surface area (Å²) in [6.45, 7) is 4.33. The molecule has 238 valence electrons. The summed E-state index contributed by atoms with van der Waals surface area (Å²) in [4.78, 5) is 12.1. The van der Waals surface area contributed by atoms with Crippen molar-refractivity contribution >= 4 is 16.7 Å². The van der Waals surface area contributed by atoms with Crippen LogP contribution in [0.25, 0.3) is 22.6 Å². The fourth-order valence-corrected chi connectivity index (χ4v) is 8.77. The summed E-state index contributed by atoms with van der Waals surface area (Å²) in [6.07, 6.45) is 5.12. The Hall–Kier alpha value is -4.12. The van der Waals surface area contributed by atoms with Crippen molar-refractivity contribution in [1.82, 2.24) is 35.1 Å². The van der Waals surface area contributed by atoms with Crippen LogP contribution >= 0.6 is 0 Å². The van der Waals surface area contributed by atoms with Crippen molar-refractivity contribution in [3.05, 3.63) is 46.3 Å². The standard InChI is InChI=1S/C33H36FN9O3/c1-17(24-10-19(34)14-42(24)2)45-31-22-12-38-43(25-13-37-33(25)15-44-16-33)30(22)39-29(40-31)27-20-4-3-8-32(28(20)46-41-27)9-7-18-5-6-23(36)21(11-35)26(18)32/h5-6,12,17,19,24-25,37H,3-4,7-10,13-16,36H2,1-2H3. The summed E-state index contributed by atoms with van der Waals surface area (Å²) in [6, 6.07) is 6.22. The lowest BCUT2D eigenvalue weighted by atomic mass is 9.68. The predicted molar refractivity (Wildman–Crippen MR) is 165 cm³/mol. The summed E-state index contributed by atoms with van der Waals surface area (Å²) in [5.74, 6) is 1.57. The number of aromatic nitrogens is 5. The second-order valence-electron chi connectivity index (χ2n) is 13.8. The van der Waals surface area contributed by atoms with Gasteiger partial charge in [0, 0.05) is 30.4 Å². The largest absolute Gasteiger partial charge is 0.472 e. The number of hydrogen-bond acceptors (Lipinski definition) is 11. The minimum absolute atomic E-state index is 0.0689. The molecule has 13 heteroatoms. The number of nitrogens with zero attached hydrogens (tertiary/aromatic N) is 7. The van der Waals surface area contributed by atoms with Crippen LogP contribution in [0, 0.1) is 11.3 Å². The van der Waals surface area contributed by atoms with E-state index in [9.17, 15) is 9.65 Å². The average molecular weight is 626 g/mol. The van der Waals surface area contributed by atoms with E-state index in [-0.39, 0.29) is 23.7 Å². The highest BCUT2D eigenvalue weighted by molar-refractivity contribution is 5.82. The first-order valence-electron chi connectivity index (χ1n) is 16.2. The quantitative estimate of drug-likeness (QED) is 0.314. The van der Waals surface area contributed by atoms with Gasteiger partial charge in [0.25, 0.3) is 0 Å². The van der Waals surface area contributed by atoms with E-state index in [4.69, 9.17) is 34.8 Å². The number of nitrogen functional groups attached to an aromatic ring is 1. The van der Waals surface area contributed by atoms with E-state index in [1.54, 1.807) is 6.20 Å². The molecule has 2 spiro atoms. The molecule has 0 amide bonds. The van der Waals surface area contributed by atoms with Gasteiger partial charge >= 0.3 is 0 Å². The number of hydrogen-bond donors (Lipinski definition) is 2. The van der Waals surface area contributed by atoms with Gasteiger partial charge < -0.3 is 25.0 Å². The number of likely N-dealkylation sites (N-methyl/N-ethyl adjacent to an activating group) is 1. The number of likely N-dealkylation sites (tertiary alicyclic amines) is 1. The van der Waals surface area contributed by atoms with E-state index < -0.39 is 11.6 Å². The first kappa shape index (κ1) is 28.1. The zero-order chi connectivity index (χ0) is 31.4. The smallest absolute Gasteiger partial charge is 0.228 e. The van der Waals surface area contributed by atoms with E-state index in [1.165, 1.54) is 0 Å². The molecule has 9 rings (SSSR count). The summed E-state index contributed by atoms with van der Waals surface area (Å²) >= 11 is 0. The molecule has 5 unspecified atom stereocenters. The number of ether oxygens (including phenoxy) is 2. The van der Waals surface area contributed by atoms with Crippen LogP contribution in [0.3, 0.4) is 0 Å². The molecule has 0 radical (unpaired) electrons. The molecule has 3 aliphatic heterocycles. The van der Waals surface area contributed by atoms with Gasteiger partial charge in [-0.15, -0.1) is 0 Å². The molecule has 2 aliphatic carbocycles. The van der Waals surface area contributed by atoms with Crippen LogP contribution in [0.5, 0.6) is 5.88 Å². The summed E-state index contributed by atoms with van der Waals surface area (Å²) < 4.78 is 34.7. The maximum absolute atomic E-state index is 14.3. The van der Waals surface area contributed by atoms with Crippen LogP contribution in [0.15, 0.2) is 22.9 Å². The molecular weight excluding hydrogens is 589 g/mol. The fraction of sp³-hybridized carbons (Fsp3) is 0.545. The van der Waals surface area contributed by atoms with Gasteiger partial charge in [-0.25, -0.2) is 14.1 Å². The monoisotopic (exact) mass is 625 g/mol. The lowest BCUT2D eigenvalue weighted by molar-refractivity contribution is -0.139. The minimum atomic E-state index is -0.886. The predicted octanol–water partition coefficient (Wildman–Crippen LogP) is 3.23. The lowest BCUT2D eigenvalue weighted by Gasteiger charge is -2.55. The molecule has 3 N–H and O–H groups in total. The molecule has 3 fully saturated rings. The number of halogens is 1. The highest BCUT2D eigenvalue weighted by atomic mass is 19.1. The summed E-state index contributed by atoms with van der Waals surface area (Å²) in [5, 5.41) is 23.8. The van der Waals surface area contributed by atoms with Gasteiger partial charge in [0.05, 0.1) is 42.0 Å². The van der Waals surface area contributed by atoms with Crippen LogP contribution in [-0.4, -0.2) is 87.0 Å². The van der Waals surface area contributed by atoms with E-state index in [2.05, 4.69) is 16.5 Å². The van der Waals surface area contributed by atoms with Gasteiger partial charge in [-0.2, -0.15) is 15.3 Å². The van der Waals surface area contributed by atoms with E-state index in [0.717, 1.165) is 61.1 Å². The Balaban J connectivity index is 1.17. The third-order valence-electron chi connectivity index (χ3n) is 11.3. The molecule has 3 saturated heterocycles. The van der Waals surface area contributed by atoms with Gasteiger partial charge in [0.1, 0.15) is 23.7 Å². The second-order valence-corrected chi connectivity index (χ2v) is 13.8. The maximum atomic E-state index is 14.3. The van der Waals surface area contributed by atoms with Crippen molar-refractivity contribution in [3.63, 3.8) is 0 Å². The molecule has 12 nitrogen and oxygen atoms in total. The lowest BCUT2D eigenvalue weighted by Crippen LogP contribution is -2.75. The molecule has 4 aromatic rings. The fourth-order valence-electron chi connectivity index (χ4n) is 8.77. The Morgan fingerprint density at radius 1 is 1.24 bits per heavy atom. The van der Waals surface area contributed by atoms with Crippen LogP contribution in [-0.2, 0) is 23.0 Å². The van der Waals surface area contributed by atoms with Crippen LogP contribution in [0.4, 0.5) is 10.1 Å². The number of anilines is 1. The van der Waals surface area contributed by atoms with E-state index in [0.29, 0.717) is 65.9 Å². The Morgan fingerprint density at radius 3 is 2.83 bits per heavy atom. The van der Waals surface area contributed by atoms with Crippen molar-refractivity contribution in [1.29, 1.82) is 5.26 Å². The van der Waals surface area contributed by atoms with Crippen molar-refractivity contribution in [3.8, 4) is 23.5 Å².